The molecular weight excluding hydrogens is 511 g/mol. The Kier molecular flexibility index (Phi) is 6.66. The average Bonchev–Trinajstić information content (AvgIpc) is 3.55. The average molecular weight is 535 g/mol. The summed E-state index contributed by atoms with van der Waals surface area (Å²) in [6.07, 6.45) is 3.23. The number of carbonyl (C=O) groups excluding carboxylic acids is 1. The first-order valence-corrected chi connectivity index (χ1v) is 11.7. The molecular formula is C25H23FN8O5. The largest absolute Gasteiger partial charge is 0.493 e. The number of aromatic nitrogens is 5. The van der Waals surface area contributed by atoms with Gasteiger partial charge in [0.1, 0.15) is 23.4 Å². The van der Waals surface area contributed by atoms with Gasteiger partial charge in [-0.1, -0.05) is 0 Å². The van der Waals surface area contributed by atoms with Crippen molar-refractivity contribution in [3.8, 4) is 23.2 Å². The lowest BCUT2D eigenvalue weighted by atomic mass is 9.99. The number of nitrogens with zero attached hydrogens (tertiary/aromatic N) is 4. The van der Waals surface area contributed by atoms with Gasteiger partial charge < -0.3 is 25.3 Å². The predicted octanol–water partition coefficient (Wildman–Crippen LogP) is 1.84. The summed E-state index contributed by atoms with van der Waals surface area (Å²) < 4.78 is 33.2. The van der Waals surface area contributed by atoms with Crippen LogP contribution in [0.25, 0.3) is 5.95 Å². The molecule has 0 unspecified atom stereocenters. The molecule has 200 valence electrons. The Bertz CT molecular complexity index is 1640. The fourth-order valence-electron chi connectivity index (χ4n) is 4.23. The number of methoxy groups -OCH3 is 1. The van der Waals surface area contributed by atoms with E-state index in [0.29, 0.717) is 35.8 Å². The third-order valence-electron chi connectivity index (χ3n) is 5.92. The smallest absolute Gasteiger partial charge is 0.350 e. The molecule has 5 rings (SSSR count). The second kappa shape index (κ2) is 10.2. The summed E-state index contributed by atoms with van der Waals surface area (Å²) in [6.45, 7) is 1.50. The molecule has 14 heteroatoms. The summed E-state index contributed by atoms with van der Waals surface area (Å²) >= 11 is 0. The first kappa shape index (κ1) is 25.4. The standard InChI is InChI=1S/C25H23FN8O5/c1-12(35)39-17-10-13(4-5-14(17)22(27)28)31-20(16-11-18(37-2)21-15(19(16)26)6-9-38-21)23-32-25(36)34(33-23)24-29-7-3-8-30-24/h3-5,7-8,10-11,20,31H,6,9H2,1-2H3,(H3,27,28)(H,32,33,36)/t20-/m0/s1. The van der Waals surface area contributed by atoms with E-state index in [4.69, 9.17) is 25.4 Å². The third kappa shape index (κ3) is 4.86. The lowest BCUT2D eigenvalue weighted by Crippen LogP contribution is -2.18. The number of amidine groups is 1. The molecule has 39 heavy (non-hydrogen) atoms. The molecule has 1 aliphatic heterocycles. The van der Waals surface area contributed by atoms with E-state index in [2.05, 4.69) is 25.4 Å². The van der Waals surface area contributed by atoms with Gasteiger partial charge >= 0.3 is 11.7 Å². The van der Waals surface area contributed by atoms with Crippen molar-refractivity contribution in [2.24, 2.45) is 5.73 Å². The molecule has 0 spiro atoms. The molecule has 2 aromatic heterocycles. The second-order valence-electron chi connectivity index (χ2n) is 8.46. The van der Waals surface area contributed by atoms with Gasteiger partial charge in [0, 0.05) is 48.6 Å². The van der Waals surface area contributed by atoms with Crippen molar-refractivity contribution in [3.63, 3.8) is 0 Å². The summed E-state index contributed by atoms with van der Waals surface area (Å²) in [5.41, 5.74) is 5.96. The maximum absolute atomic E-state index is 15.9. The van der Waals surface area contributed by atoms with Crippen LogP contribution in [-0.2, 0) is 11.2 Å². The minimum Gasteiger partial charge on any atom is -0.493 e. The molecule has 0 radical (unpaired) electrons. The molecule has 0 bridgehead atoms. The Hall–Kier alpha value is -5.27. The van der Waals surface area contributed by atoms with E-state index in [9.17, 15) is 9.59 Å². The molecule has 0 fully saturated rings. The number of nitrogens with one attached hydrogen (secondary N) is 3. The summed E-state index contributed by atoms with van der Waals surface area (Å²) in [4.78, 5) is 35.2. The maximum Gasteiger partial charge on any atom is 0.350 e. The second-order valence-corrected chi connectivity index (χ2v) is 8.46. The molecule has 0 amide bonds. The highest BCUT2D eigenvalue weighted by Crippen LogP contribution is 2.42. The fraction of sp³-hybridized carbons (Fsp3) is 0.200. The number of esters is 1. The summed E-state index contributed by atoms with van der Waals surface area (Å²) in [5, 5.41) is 15.3. The number of nitrogens with two attached hydrogens (primary N) is 1. The van der Waals surface area contributed by atoms with Gasteiger partial charge in [0.15, 0.2) is 17.3 Å². The van der Waals surface area contributed by atoms with E-state index < -0.39 is 23.5 Å². The summed E-state index contributed by atoms with van der Waals surface area (Å²) in [6, 6.07) is 6.46. The molecule has 0 aliphatic carbocycles. The number of benzene rings is 2. The number of hydrogen-bond donors (Lipinski definition) is 4. The normalized spacial score (nSPS) is 12.8. The maximum atomic E-state index is 15.9. The molecule has 2 aromatic carbocycles. The van der Waals surface area contributed by atoms with Crippen LogP contribution in [0.2, 0.25) is 0 Å². The lowest BCUT2D eigenvalue weighted by molar-refractivity contribution is -0.131. The lowest BCUT2D eigenvalue weighted by Gasteiger charge is -2.21. The van der Waals surface area contributed by atoms with Crippen LogP contribution in [0.5, 0.6) is 17.2 Å². The Balaban J connectivity index is 1.66. The number of fused-ring (bicyclic) bond motifs is 1. The topological polar surface area (TPSA) is 183 Å². The van der Waals surface area contributed by atoms with Crippen LogP contribution in [0.4, 0.5) is 10.1 Å². The zero-order valence-electron chi connectivity index (χ0n) is 20.8. The van der Waals surface area contributed by atoms with Crippen LogP contribution < -0.4 is 31.0 Å². The number of halogens is 1. The van der Waals surface area contributed by atoms with E-state index in [1.807, 2.05) is 0 Å². The summed E-state index contributed by atoms with van der Waals surface area (Å²) in [7, 11) is 1.44. The molecule has 0 saturated carbocycles. The number of aromatic amines is 1. The Morgan fingerprint density at radius 1 is 1.28 bits per heavy atom. The van der Waals surface area contributed by atoms with Crippen LogP contribution in [0, 0.1) is 11.2 Å². The quantitative estimate of drug-likeness (QED) is 0.113. The third-order valence-corrected chi connectivity index (χ3v) is 5.92. The Morgan fingerprint density at radius 2 is 2.05 bits per heavy atom. The number of nitrogen functional groups attached to an aromatic ring is 1. The van der Waals surface area contributed by atoms with Crippen molar-refractivity contribution < 1.29 is 23.4 Å². The van der Waals surface area contributed by atoms with Crippen LogP contribution >= 0.6 is 0 Å². The van der Waals surface area contributed by atoms with Crippen molar-refractivity contribution in [3.05, 3.63) is 81.5 Å². The monoisotopic (exact) mass is 534 g/mol. The van der Waals surface area contributed by atoms with Crippen LogP contribution in [0.15, 0.2) is 47.5 Å². The van der Waals surface area contributed by atoms with Gasteiger partial charge in [-0.2, -0.15) is 0 Å². The highest BCUT2D eigenvalue weighted by Gasteiger charge is 2.31. The molecule has 4 aromatic rings. The number of H-pyrrole nitrogens is 1. The number of anilines is 1. The van der Waals surface area contributed by atoms with Crippen LogP contribution in [0.3, 0.4) is 0 Å². The molecule has 0 saturated heterocycles. The SMILES string of the molecule is COc1cc([C@H](Nc2ccc(C(=N)N)c(OC(C)=O)c2)c2nn(-c3ncccn3)c(=O)[nH]2)c(F)c2c1OCC2. The van der Waals surface area contributed by atoms with Crippen LogP contribution in [0.1, 0.15) is 35.5 Å². The van der Waals surface area contributed by atoms with Crippen LogP contribution in [-0.4, -0.2) is 50.3 Å². The van der Waals surface area contributed by atoms with Gasteiger partial charge in [-0.3, -0.25) is 15.2 Å². The van der Waals surface area contributed by atoms with Crippen molar-refractivity contribution in [1.29, 1.82) is 5.41 Å². The van der Waals surface area contributed by atoms with E-state index in [1.165, 1.54) is 44.6 Å². The first-order valence-electron chi connectivity index (χ1n) is 11.7. The highest BCUT2D eigenvalue weighted by atomic mass is 19.1. The highest BCUT2D eigenvalue weighted by molar-refractivity contribution is 5.98. The fourth-order valence-corrected chi connectivity index (χ4v) is 4.23. The predicted molar refractivity (Wildman–Crippen MR) is 136 cm³/mol. The molecule has 1 aliphatic rings. The minimum absolute atomic E-state index is 0.0205. The molecule has 1 atom stereocenters. The van der Waals surface area contributed by atoms with E-state index in [-0.39, 0.29) is 34.5 Å². The van der Waals surface area contributed by atoms with Gasteiger partial charge in [-0.05, 0) is 24.3 Å². The number of hydrogen-bond acceptors (Lipinski definition) is 10. The number of carbonyl (C=O) groups is 1. The van der Waals surface area contributed by atoms with E-state index in [0.717, 1.165) is 4.68 Å². The van der Waals surface area contributed by atoms with Crippen molar-refractivity contribution >= 4 is 17.5 Å². The van der Waals surface area contributed by atoms with Gasteiger partial charge in [-0.25, -0.2) is 19.2 Å². The Morgan fingerprint density at radius 3 is 2.74 bits per heavy atom. The van der Waals surface area contributed by atoms with E-state index >= 15 is 4.39 Å². The van der Waals surface area contributed by atoms with E-state index in [1.54, 1.807) is 12.1 Å². The summed E-state index contributed by atoms with van der Waals surface area (Å²) in [5.74, 6) is -0.780. The molecule has 13 nitrogen and oxygen atoms in total. The molecule has 3 heterocycles. The van der Waals surface area contributed by atoms with Crippen molar-refractivity contribution in [1.82, 2.24) is 24.7 Å². The first-order chi connectivity index (χ1) is 18.8. The number of rotatable bonds is 8. The Labute approximate surface area is 220 Å². The minimum atomic E-state index is -1.07. The van der Waals surface area contributed by atoms with Gasteiger partial charge in [0.25, 0.3) is 5.95 Å². The zero-order chi connectivity index (χ0) is 27.7. The molecule has 5 N–H and O–H groups in total. The zero-order valence-corrected chi connectivity index (χ0v) is 20.8. The van der Waals surface area contributed by atoms with Gasteiger partial charge in [-0.15, -0.1) is 9.78 Å². The van der Waals surface area contributed by atoms with Crippen molar-refractivity contribution in [2.75, 3.05) is 19.0 Å². The van der Waals surface area contributed by atoms with Crippen molar-refractivity contribution in [2.45, 2.75) is 19.4 Å². The van der Waals surface area contributed by atoms with Gasteiger partial charge in [0.2, 0.25) is 0 Å². The van der Waals surface area contributed by atoms with Gasteiger partial charge in [0.05, 0.1) is 19.3 Å². The number of ether oxygens (including phenoxy) is 3.